The molecule has 102 valence electrons. The Bertz CT molecular complexity index is 753. The fourth-order valence-corrected chi connectivity index (χ4v) is 3.68. The number of aromatic nitrogens is 3. The highest BCUT2D eigenvalue weighted by Gasteiger charge is 2.09. The van der Waals surface area contributed by atoms with Crippen molar-refractivity contribution in [2.24, 2.45) is 0 Å². The number of thioether (sulfide) groups is 1. The van der Waals surface area contributed by atoms with Crippen molar-refractivity contribution in [1.82, 2.24) is 13.7 Å². The smallest absolute Gasteiger partial charge is 0.234 e. The lowest BCUT2D eigenvalue weighted by Gasteiger charge is -2.04. The molecular formula is C11H9N5OS3. The number of nitrogens with one attached hydrogen (secondary N) is 1. The SMILES string of the molecule is Nc1ncc(SCC(=O)Nc2cccc3nsnc23)s1. The molecule has 3 aromatic rings. The molecule has 2 heterocycles. The highest BCUT2D eigenvalue weighted by Crippen LogP contribution is 2.27. The summed E-state index contributed by atoms with van der Waals surface area (Å²) in [6.07, 6.45) is 1.67. The molecule has 0 radical (unpaired) electrons. The van der Waals surface area contributed by atoms with Crippen LogP contribution in [0.15, 0.2) is 28.6 Å². The van der Waals surface area contributed by atoms with E-state index in [-0.39, 0.29) is 5.91 Å². The molecule has 0 spiro atoms. The number of thiazole rings is 1. The van der Waals surface area contributed by atoms with Gasteiger partial charge in [0.2, 0.25) is 5.91 Å². The summed E-state index contributed by atoms with van der Waals surface area (Å²) in [6, 6.07) is 5.52. The summed E-state index contributed by atoms with van der Waals surface area (Å²) < 4.78 is 9.24. The highest BCUT2D eigenvalue weighted by atomic mass is 32.2. The quantitative estimate of drug-likeness (QED) is 0.716. The maximum Gasteiger partial charge on any atom is 0.234 e. The second-order valence-corrected chi connectivity index (χ2v) is 6.66. The van der Waals surface area contributed by atoms with Gasteiger partial charge in [0.1, 0.15) is 11.0 Å². The minimum absolute atomic E-state index is 0.0949. The number of hydrogen-bond acceptors (Lipinski definition) is 8. The molecule has 0 saturated carbocycles. The molecule has 0 fully saturated rings. The zero-order chi connectivity index (χ0) is 13.9. The number of nitrogen functional groups attached to an aromatic ring is 1. The first-order valence-electron chi connectivity index (χ1n) is 5.57. The van der Waals surface area contributed by atoms with Crippen LogP contribution in [0.5, 0.6) is 0 Å². The van der Waals surface area contributed by atoms with E-state index in [0.717, 1.165) is 27.0 Å². The van der Waals surface area contributed by atoms with Crippen molar-refractivity contribution in [1.29, 1.82) is 0 Å². The minimum atomic E-state index is -0.0949. The standard InChI is InChI=1S/C11H9N5OS3/c12-11-13-4-9(19-11)18-5-8(17)14-6-2-1-3-7-10(6)16-20-15-7/h1-4H,5H2,(H2,12,13)(H,14,17). The largest absolute Gasteiger partial charge is 0.375 e. The van der Waals surface area contributed by atoms with Crippen molar-refractivity contribution in [3.63, 3.8) is 0 Å². The molecule has 20 heavy (non-hydrogen) atoms. The van der Waals surface area contributed by atoms with Gasteiger partial charge in [-0.3, -0.25) is 4.79 Å². The fraction of sp³-hybridized carbons (Fsp3) is 0.0909. The van der Waals surface area contributed by atoms with Crippen molar-refractivity contribution in [3.8, 4) is 0 Å². The van der Waals surface area contributed by atoms with E-state index >= 15 is 0 Å². The maximum absolute atomic E-state index is 11.9. The Hall–Kier alpha value is -1.71. The molecule has 1 aromatic carbocycles. The van der Waals surface area contributed by atoms with Crippen LogP contribution in [-0.2, 0) is 4.79 Å². The first-order chi connectivity index (χ1) is 9.72. The summed E-state index contributed by atoms with van der Waals surface area (Å²) in [5.41, 5.74) is 7.73. The number of anilines is 2. The Balaban J connectivity index is 1.65. The van der Waals surface area contributed by atoms with E-state index in [4.69, 9.17) is 5.73 Å². The molecule has 3 N–H and O–H groups in total. The van der Waals surface area contributed by atoms with Crippen LogP contribution in [0.3, 0.4) is 0 Å². The highest BCUT2D eigenvalue weighted by molar-refractivity contribution is 8.01. The topological polar surface area (TPSA) is 93.8 Å². The van der Waals surface area contributed by atoms with Gasteiger partial charge in [-0.2, -0.15) is 8.75 Å². The Labute approximate surface area is 126 Å². The van der Waals surface area contributed by atoms with Gasteiger partial charge in [0.05, 0.1) is 33.6 Å². The van der Waals surface area contributed by atoms with E-state index in [1.165, 1.54) is 23.1 Å². The summed E-state index contributed by atoms with van der Waals surface area (Å²) >= 11 is 3.91. The molecule has 0 bridgehead atoms. The fourth-order valence-electron chi connectivity index (χ4n) is 1.57. The molecule has 2 aromatic heterocycles. The van der Waals surface area contributed by atoms with Crippen molar-refractivity contribution in [3.05, 3.63) is 24.4 Å². The number of nitrogens with two attached hydrogens (primary N) is 1. The second-order valence-electron chi connectivity index (χ2n) is 3.79. The number of amides is 1. The van der Waals surface area contributed by atoms with Crippen LogP contribution in [0.4, 0.5) is 10.8 Å². The van der Waals surface area contributed by atoms with Gasteiger partial charge in [-0.05, 0) is 12.1 Å². The van der Waals surface area contributed by atoms with Crippen LogP contribution in [0.25, 0.3) is 11.0 Å². The van der Waals surface area contributed by atoms with Gasteiger partial charge in [0.15, 0.2) is 5.13 Å². The Morgan fingerprint density at radius 3 is 3.10 bits per heavy atom. The third kappa shape index (κ3) is 2.89. The lowest BCUT2D eigenvalue weighted by Crippen LogP contribution is -2.14. The molecule has 0 aliphatic heterocycles. The van der Waals surface area contributed by atoms with Gasteiger partial charge >= 0.3 is 0 Å². The summed E-state index contributed by atoms with van der Waals surface area (Å²) in [6.45, 7) is 0. The molecule has 0 atom stereocenters. The predicted molar refractivity (Wildman–Crippen MR) is 83.3 cm³/mol. The number of rotatable bonds is 4. The Kier molecular flexibility index (Phi) is 3.81. The molecular weight excluding hydrogens is 314 g/mol. The van der Waals surface area contributed by atoms with Gasteiger partial charge in [-0.25, -0.2) is 4.98 Å². The Morgan fingerprint density at radius 1 is 1.40 bits per heavy atom. The van der Waals surface area contributed by atoms with Gasteiger partial charge in [-0.1, -0.05) is 17.4 Å². The average Bonchev–Trinajstić information content (AvgIpc) is 3.05. The first kappa shape index (κ1) is 13.3. The lowest BCUT2D eigenvalue weighted by molar-refractivity contribution is -0.113. The van der Waals surface area contributed by atoms with E-state index in [1.54, 1.807) is 6.20 Å². The molecule has 3 rings (SSSR count). The number of hydrogen-bond donors (Lipinski definition) is 2. The molecule has 9 heteroatoms. The summed E-state index contributed by atoms with van der Waals surface area (Å²) in [5.74, 6) is 0.206. The third-order valence-corrected chi connectivity index (χ3v) is 4.97. The summed E-state index contributed by atoms with van der Waals surface area (Å²) in [5, 5.41) is 3.35. The molecule has 0 aliphatic rings. The third-order valence-electron chi connectivity index (χ3n) is 2.41. The number of carbonyl (C=O) groups excluding carboxylic acids is 1. The van der Waals surface area contributed by atoms with Crippen molar-refractivity contribution in [2.45, 2.75) is 4.21 Å². The van der Waals surface area contributed by atoms with Crippen LogP contribution >= 0.6 is 34.8 Å². The van der Waals surface area contributed by atoms with Crippen LogP contribution in [-0.4, -0.2) is 25.4 Å². The minimum Gasteiger partial charge on any atom is -0.375 e. The van der Waals surface area contributed by atoms with Gasteiger partial charge in [0.25, 0.3) is 0 Å². The molecule has 6 nitrogen and oxygen atoms in total. The first-order valence-corrected chi connectivity index (χ1v) is 8.11. The molecule has 0 saturated heterocycles. The van der Waals surface area contributed by atoms with Gasteiger partial charge < -0.3 is 11.1 Å². The number of nitrogens with zero attached hydrogens (tertiary/aromatic N) is 3. The number of benzene rings is 1. The summed E-state index contributed by atoms with van der Waals surface area (Å²) in [4.78, 5) is 15.9. The zero-order valence-corrected chi connectivity index (χ0v) is 12.5. The van der Waals surface area contributed by atoms with E-state index in [2.05, 4.69) is 19.0 Å². The van der Waals surface area contributed by atoms with Crippen LogP contribution in [0.1, 0.15) is 0 Å². The Morgan fingerprint density at radius 2 is 2.30 bits per heavy atom. The van der Waals surface area contributed by atoms with Crippen LogP contribution in [0, 0.1) is 0 Å². The summed E-state index contributed by atoms with van der Waals surface area (Å²) in [7, 11) is 0. The number of fused-ring (bicyclic) bond motifs is 1. The van der Waals surface area contributed by atoms with E-state index in [0.29, 0.717) is 16.6 Å². The second kappa shape index (κ2) is 5.73. The molecule has 0 aliphatic carbocycles. The number of carbonyl (C=O) groups is 1. The molecule has 0 unspecified atom stereocenters. The molecule has 1 amide bonds. The van der Waals surface area contributed by atoms with E-state index in [9.17, 15) is 4.79 Å². The van der Waals surface area contributed by atoms with Crippen molar-refractivity contribution in [2.75, 3.05) is 16.8 Å². The zero-order valence-electron chi connectivity index (χ0n) is 10.1. The van der Waals surface area contributed by atoms with E-state index in [1.807, 2.05) is 18.2 Å². The van der Waals surface area contributed by atoms with Crippen LogP contribution in [0.2, 0.25) is 0 Å². The predicted octanol–water partition coefficient (Wildman–Crippen LogP) is 2.46. The van der Waals surface area contributed by atoms with E-state index < -0.39 is 0 Å². The van der Waals surface area contributed by atoms with Crippen molar-refractivity contribution >= 4 is 62.6 Å². The van der Waals surface area contributed by atoms with Crippen LogP contribution < -0.4 is 11.1 Å². The lowest BCUT2D eigenvalue weighted by atomic mass is 10.2. The van der Waals surface area contributed by atoms with Crippen molar-refractivity contribution < 1.29 is 4.79 Å². The van der Waals surface area contributed by atoms with Gasteiger partial charge in [0, 0.05) is 0 Å². The maximum atomic E-state index is 11.9. The van der Waals surface area contributed by atoms with Gasteiger partial charge in [-0.15, -0.1) is 11.8 Å². The average molecular weight is 323 g/mol. The monoisotopic (exact) mass is 323 g/mol. The normalized spacial score (nSPS) is 10.8.